The maximum absolute atomic E-state index is 12.0. The van der Waals surface area contributed by atoms with Gasteiger partial charge in [-0.2, -0.15) is 0 Å². The molecule has 1 rings (SSSR count). The van der Waals surface area contributed by atoms with Crippen LogP contribution < -0.4 is 10.5 Å². The average Bonchev–Trinajstić information content (AvgIpc) is 2.72. The van der Waals surface area contributed by atoms with E-state index in [-0.39, 0.29) is 23.2 Å². The normalized spacial score (nSPS) is 13.4. The van der Waals surface area contributed by atoms with Gasteiger partial charge in [-0.1, -0.05) is 0 Å². The number of nitrogens with one attached hydrogen (secondary N) is 1. The predicted molar refractivity (Wildman–Crippen MR) is 77.5 cm³/mol. The zero-order valence-electron chi connectivity index (χ0n) is 11.6. The molecule has 1 aromatic heterocycles. The molecule has 0 aromatic carbocycles. The second-order valence-corrected chi connectivity index (χ2v) is 7.76. The Kier molecular flexibility index (Phi) is 5.49. The quantitative estimate of drug-likeness (QED) is 0.757. The molecule has 114 valence electrons. The largest absolute Gasteiger partial charge is 0.350 e. The van der Waals surface area contributed by atoms with Crippen LogP contribution in [-0.4, -0.2) is 41.7 Å². The number of hydrogen-bond acceptors (Lipinski definition) is 4. The lowest BCUT2D eigenvalue weighted by Crippen LogP contribution is -2.29. The van der Waals surface area contributed by atoms with Crippen LogP contribution in [0.5, 0.6) is 0 Å². The molecule has 1 unspecified atom stereocenters. The summed E-state index contributed by atoms with van der Waals surface area (Å²) in [7, 11) is -4.85. The van der Waals surface area contributed by atoms with Crippen LogP contribution in [0.25, 0.3) is 0 Å². The van der Waals surface area contributed by atoms with Crippen LogP contribution >= 0.6 is 0 Å². The number of rotatable bonds is 6. The van der Waals surface area contributed by atoms with Crippen molar-refractivity contribution in [2.45, 2.75) is 24.8 Å². The lowest BCUT2D eigenvalue weighted by atomic mass is 10.3. The van der Waals surface area contributed by atoms with Crippen molar-refractivity contribution in [3.63, 3.8) is 0 Å². The third-order valence-electron chi connectivity index (χ3n) is 2.62. The number of sulfonamides is 1. The lowest BCUT2D eigenvalue weighted by Gasteiger charge is -2.12. The first-order valence-corrected chi connectivity index (χ1v) is 9.23. The van der Waals surface area contributed by atoms with Gasteiger partial charge in [-0.15, -0.1) is 0 Å². The molecule has 0 saturated carbocycles. The third-order valence-corrected chi connectivity index (χ3v) is 4.28. The molecule has 0 aliphatic carbocycles. The van der Waals surface area contributed by atoms with Gasteiger partial charge in [-0.25, -0.2) is 13.6 Å². The van der Waals surface area contributed by atoms with E-state index in [4.69, 9.17) is 5.14 Å². The molecule has 0 spiro atoms. The summed E-state index contributed by atoms with van der Waals surface area (Å²) in [4.78, 5) is 11.9. The van der Waals surface area contributed by atoms with Gasteiger partial charge in [0, 0.05) is 41.6 Å². The van der Waals surface area contributed by atoms with Crippen molar-refractivity contribution in [3.05, 3.63) is 18.0 Å². The topological polar surface area (TPSA) is 111 Å². The maximum Gasteiger partial charge on any atom is 0.267 e. The van der Waals surface area contributed by atoms with Gasteiger partial charge in [0.2, 0.25) is 10.0 Å². The molecule has 0 bridgehead atoms. The first-order valence-electron chi connectivity index (χ1n) is 5.96. The van der Waals surface area contributed by atoms with Crippen LogP contribution in [-0.2, 0) is 20.8 Å². The van der Waals surface area contributed by atoms with E-state index >= 15 is 0 Å². The van der Waals surface area contributed by atoms with Crippen molar-refractivity contribution in [3.8, 4) is 0 Å². The highest BCUT2D eigenvalue weighted by Gasteiger charge is 2.20. The van der Waals surface area contributed by atoms with Gasteiger partial charge in [-0.3, -0.25) is 9.00 Å². The maximum atomic E-state index is 12.0. The summed E-state index contributed by atoms with van der Waals surface area (Å²) in [5, 5.41) is 7.67. The third kappa shape index (κ3) is 4.43. The predicted octanol–water partition coefficient (Wildman–Crippen LogP) is -0.175. The Labute approximate surface area is 121 Å². The Bertz CT molecular complexity index is 620. The summed E-state index contributed by atoms with van der Waals surface area (Å²) in [6.45, 7) is 3.91. The Balaban J connectivity index is 3.01. The monoisotopic (exact) mass is 321 g/mol. The van der Waals surface area contributed by atoms with Crippen LogP contribution in [0.1, 0.15) is 30.4 Å². The van der Waals surface area contributed by atoms with Gasteiger partial charge in [0.25, 0.3) is 5.91 Å². The molecule has 0 radical (unpaired) electrons. The highest BCUT2D eigenvalue weighted by molar-refractivity contribution is 7.89. The van der Waals surface area contributed by atoms with Gasteiger partial charge in [0.15, 0.2) is 0 Å². The van der Waals surface area contributed by atoms with E-state index in [9.17, 15) is 17.4 Å². The Morgan fingerprint density at radius 3 is 2.55 bits per heavy atom. The van der Waals surface area contributed by atoms with Gasteiger partial charge >= 0.3 is 0 Å². The number of primary sulfonamides is 1. The minimum absolute atomic E-state index is 0.0912. The van der Waals surface area contributed by atoms with Crippen LogP contribution in [0.3, 0.4) is 0 Å². The lowest BCUT2D eigenvalue weighted by molar-refractivity contribution is 0.0945. The molecule has 7 nitrogen and oxygen atoms in total. The average molecular weight is 321 g/mol. The van der Waals surface area contributed by atoms with Crippen molar-refractivity contribution in [1.29, 1.82) is 0 Å². The minimum Gasteiger partial charge on any atom is -0.350 e. The van der Waals surface area contributed by atoms with Crippen LogP contribution in [0.15, 0.2) is 17.2 Å². The highest BCUT2D eigenvalue weighted by Crippen LogP contribution is 2.17. The first kappa shape index (κ1) is 16.9. The summed E-state index contributed by atoms with van der Waals surface area (Å²) >= 11 is 0. The van der Waals surface area contributed by atoms with Crippen molar-refractivity contribution in [1.82, 2.24) is 9.88 Å². The van der Waals surface area contributed by atoms with Crippen molar-refractivity contribution >= 4 is 26.7 Å². The first-order chi connectivity index (χ1) is 9.12. The zero-order valence-corrected chi connectivity index (χ0v) is 13.3. The molecule has 0 fully saturated rings. The molecule has 1 amide bonds. The molecule has 9 heteroatoms. The Morgan fingerprint density at radius 2 is 2.10 bits per heavy atom. The van der Waals surface area contributed by atoms with Crippen molar-refractivity contribution in [2.75, 3.05) is 18.6 Å². The van der Waals surface area contributed by atoms with E-state index in [1.54, 1.807) is 6.26 Å². The number of hydrogen-bond donors (Lipinski definition) is 2. The SMILES string of the molecule is CC(C)n1cc(S(N)(=O)=O)cc1C(=O)NCCS(C)=O. The number of carbonyl (C=O) groups excluding carboxylic acids is 1. The summed E-state index contributed by atoms with van der Waals surface area (Å²) < 4.78 is 35.1. The van der Waals surface area contributed by atoms with Gasteiger partial charge in [0.1, 0.15) is 10.6 Å². The molecule has 0 saturated heterocycles. The molecule has 0 aliphatic rings. The molecule has 1 heterocycles. The standard InChI is InChI=1S/C11H19N3O4S2/c1-8(2)14-7-9(20(12,17)18)6-10(14)11(15)13-4-5-19(3)16/h6-8H,4-5H2,1-3H3,(H,13,15)(H2,12,17,18). The van der Waals surface area contributed by atoms with E-state index in [2.05, 4.69) is 5.32 Å². The van der Waals surface area contributed by atoms with Gasteiger partial charge in [0.05, 0.1) is 0 Å². The Hall–Kier alpha value is -1.19. The van der Waals surface area contributed by atoms with Crippen molar-refractivity contribution in [2.24, 2.45) is 5.14 Å². The van der Waals surface area contributed by atoms with E-state index in [1.807, 2.05) is 13.8 Å². The number of amides is 1. The van der Waals surface area contributed by atoms with Gasteiger partial charge in [-0.05, 0) is 19.9 Å². The minimum atomic E-state index is -3.85. The fourth-order valence-corrected chi connectivity index (χ4v) is 2.54. The second-order valence-electron chi connectivity index (χ2n) is 4.64. The van der Waals surface area contributed by atoms with Crippen molar-refractivity contribution < 1.29 is 17.4 Å². The zero-order chi connectivity index (χ0) is 15.5. The molecule has 1 atom stereocenters. The van der Waals surface area contributed by atoms with Crippen LogP contribution in [0.2, 0.25) is 0 Å². The second kappa shape index (κ2) is 6.51. The summed E-state index contributed by atoms with van der Waals surface area (Å²) in [6.07, 6.45) is 2.88. The van der Waals surface area contributed by atoms with Crippen LogP contribution in [0, 0.1) is 0 Å². The Morgan fingerprint density at radius 1 is 1.50 bits per heavy atom. The fraction of sp³-hybridized carbons (Fsp3) is 0.545. The summed E-state index contributed by atoms with van der Waals surface area (Å²) in [6, 6.07) is 1.15. The van der Waals surface area contributed by atoms with E-state index < -0.39 is 26.7 Å². The van der Waals surface area contributed by atoms with E-state index in [0.29, 0.717) is 5.75 Å². The van der Waals surface area contributed by atoms with Crippen LogP contribution in [0.4, 0.5) is 0 Å². The molecular formula is C11H19N3O4S2. The number of nitrogens with two attached hydrogens (primary N) is 1. The highest BCUT2D eigenvalue weighted by atomic mass is 32.2. The van der Waals surface area contributed by atoms with E-state index in [1.165, 1.54) is 16.8 Å². The van der Waals surface area contributed by atoms with Gasteiger partial charge < -0.3 is 9.88 Å². The summed E-state index contributed by atoms with van der Waals surface area (Å²) in [5.41, 5.74) is 0.214. The summed E-state index contributed by atoms with van der Waals surface area (Å²) in [5.74, 6) is -0.0741. The molecule has 0 aliphatic heterocycles. The smallest absolute Gasteiger partial charge is 0.267 e. The molecule has 20 heavy (non-hydrogen) atoms. The molecule has 3 N–H and O–H groups in total. The van der Waals surface area contributed by atoms with E-state index in [0.717, 1.165) is 0 Å². The number of nitrogens with zero attached hydrogens (tertiary/aromatic N) is 1. The number of aromatic nitrogens is 1. The number of carbonyl (C=O) groups is 1. The molecule has 1 aromatic rings. The molecular weight excluding hydrogens is 302 g/mol. The fourth-order valence-electron chi connectivity index (χ4n) is 1.62.